The lowest BCUT2D eigenvalue weighted by Crippen LogP contribution is -2.21. The molecule has 1 atom stereocenters. The molecule has 0 saturated carbocycles. The SMILES string of the molecule is CNC(c1cc(C)cc(F)c1)c1c(Br)nnn1C. The first-order chi connectivity index (χ1) is 8.52. The van der Waals surface area contributed by atoms with Crippen LogP contribution in [0.4, 0.5) is 4.39 Å². The van der Waals surface area contributed by atoms with Gasteiger partial charge in [0.25, 0.3) is 0 Å². The molecule has 4 nitrogen and oxygen atoms in total. The van der Waals surface area contributed by atoms with Gasteiger partial charge in [0.05, 0.1) is 11.7 Å². The number of halogens is 2. The molecule has 0 radical (unpaired) electrons. The summed E-state index contributed by atoms with van der Waals surface area (Å²) < 4.78 is 15.8. The van der Waals surface area contributed by atoms with E-state index in [2.05, 4.69) is 31.6 Å². The summed E-state index contributed by atoms with van der Waals surface area (Å²) in [6.07, 6.45) is 0. The van der Waals surface area contributed by atoms with Crippen LogP contribution in [0, 0.1) is 12.7 Å². The highest BCUT2D eigenvalue weighted by molar-refractivity contribution is 9.10. The summed E-state index contributed by atoms with van der Waals surface area (Å²) in [6.45, 7) is 1.87. The zero-order valence-corrected chi connectivity index (χ0v) is 12.0. The largest absolute Gasteiger partial charge is 0.308 e. The van der Waals surface area contributed by atoms with E-state index in [9.17, 15) is 4.39 Å². The molecule has 1 N–H and O–H groups in total. The van der Waals surface area contributed by atoms with Crippen molar-refractivity contribution in [1.29, 1.82) is 0 Å². The summed E-state index contributed by atoms with van der Waals surface area (Å²) in [6, 6.07) is 4.82. The molecule has 0 aliphatic carbocycles. The molecular formula is C12H14BrFN4. The van der Waals surface area contributed by atoms with Crippen LogP contribution in [0.5, 0.6) is 0 Å². The Bertz CT molecular complexity index is 527. The number of benzene rings is 1. The van der Waals surface area contributed by atoms with E-state index < -0.39 is 0 Å². The summed E-state index contributed by atoms with van der Waals surface area (Å²) in [4.78, 5) is 0. The summed E-state index contributed by atoms with van der Waals surface area (Å²) in [5, 5.41) is 11.1. The third-order valence-electron chi connectivity index (χ3n) is 2.79. The maximum Gasteiger partial charge on any atom is 0.153 e. The number of nitrogens with one attached hydrogen (secondary N) is 1. The molecule has 0 saturated heterocycles. The molecule has 0 fully saturated rings. The van der Waals surface area contributed by atoms with Gasteiger partial charge in [0, 0.05) is 7.05 Å². The van der Waals surface area contributed by atoms with Crippen LogP contribution in [-0.4, -0.2) is 22.0 Å². The molecule has 18 heavy (non-hydrogen) atoms. The van der Waals surface area contributed by atoms with Crippen molar-refractivity contribution in [3.05, 3.63) is 45.4 Å². The van der Waals surface area contributed by atoms with Gasteiger partial charge in [0.15, 0.2) is 4.60 Å². The Morgan fingerprint density at radius 3 is 2.61 bits per heavy atom. The van der Waals surface area contributed by atoms with Gasteiger partial charge in [-0.2, -0.15) is 0 Å². The van der Waals surface area contributed by atoms with Gasteiger partial charge in [-0.15, -0.1) is 5.10 Å². The molecule has 0 aliphatic heterocycles. The summed E-state index contributed by atoms with van der Waals surface area (Å²) in [5.41, 5.74) is 2.60. The third kappa shape index (κ3) is 2.44. The highest BCUT2D eigenvalue weighted by atomic mass is 79.9. The number of aryl methyl sites for hydroxylation is 2. The molecule has 0 aliphatic rings. The minimum absolute atomic E-state index is 0.159. The second-order valence-electron chi connectivity index (χ2n) is 4.17. The smallest absolute Gasteiger partial charge is 0.153 e. The standard InChI is InChI=1S/C12H14BrFN4/c1-7-4-8(6-9(14)5-7)10(15-2)11-12(13)16-17-18(11)3/h4-6,10,15H,1-3H3. The molecule has 2 rings (SSSR count). The van der Waals surface area contributed by atoms with Crippen molar-refractivity contribution < 1.29 is 4.39 Å². The van der Waals surface area contributed by atoms with E-state index in [1.807, 2.05) is 27.1 Å². The molecule has 0 amide bonds. The van der Waals surface area contributed by atoms with Crippen LogP contribution in [-0.2, 0) is 7.05 Å². The second-order valence-corrected chi connectivity index (χ2v) is 4.92. The van der Waals surface area contributed by atoms with Gasteiger partial charge < -0.3 is 5.32 Å². The molecule has 96 valence electrons. The average molecular weight is 313 g/mol. The molecule has 2 aromatic rings. The number of nitrogens with zero attached hydrogens (tertiary/aromatic N) is 3. The van der Waals surface area contributed by atoms with Crippen LogP contribution < -0.4 is 5.32 Å². The van der Waals surface area contributed by atoms with Crippen molar-refractivity contribution in [2.75, 3.05) is 7.05 Å². The van der Waals surface area contributed by atoms with Crippen LogP contribution in [0.2, 0.25) is 0 Å². The van der Waals surface area contributed by atoms with Crippen molar-refractivity contribution in [1.82, 2.24) is 20.3 Å². The molecule has 0 bridgehead atoms. The van der Waals surface area contributed by atoms with E-state index in [4.69, 9.17) is 0 Å². The Hall–Kier alpha value is -1.27. The van der Waals surface area contributed by atoms with Crippen LogP contribution in [0.1, 0.15) is 22.9 Å². The molecule has 1 aromatic carbocycles. The normalized spacial score (nSPS) is 12.7. The fourth-order valence-corrected chi connectivity index (χ4v) is 2.59. The van der Waals surface area contributed by atoms with E-state index in [1.54, 1.807) is 4.68 Å². The Kier molecular flexibility index (Phi) is 3.77. The zero-order chi connectivity index (χ0) is 13.3. The van der Waals surface area contributed by atoms with Crippen LogP contribution >= 0.6 is 15.9 Å². The minimum Gasteiger partial charge on any atom is -0.308 e. The number of rotatable bonds is 3. The topological polar surface area (TPSA) is 42.7 Å². The highest BCUT2D eigenvalue weighted by Gasteiger charge is 2.21. The predicted octanol–water partition coefficient (Wildman–Crippen LogP) is 2.33. The summed E-state index contributed by atoms with van der Waals surface area (Å²) in [7, 11) is 3.63. The average Bonchev–Trinajstić information content (AvgIpc) is 2.61. The number of aromatic nitrogens is 3. The second kappa shape index (κ2) is 5.16. The fourth-order valence-electron chi connectivity index (χ4n) is 2.04. The van der Waals surface area contributed by atoms with E-state index in [-0.39, 0.29) is 11.9 Å². The molecule has 1 heterocycles. The lowest BCUT2D eigenvalue weighted by atomic mass is 10.0. The molecular weight excluding hydrogens is 299 g/mol. The fraction of sp³-hybridized carbons (Fsp3) is 0.333. The molecule has 1 unspecified atom stereocenters. The maximum atomic E-state index is 13.5. The first kappa shape index (κ1) is 13.2. The van der Waals surface area contributed by atoms with E-state index in [0.717, 1.165) is 16.8 Å². The van der Waals surface area contributed by atoms with Crippen molar-refractivity contribution in [2.24, 2.45) is 7.05 Å². The van der Waals surface area contributed by atoms with E-state index >= 15 is 0 Å². The Morgan fingerprint density at radius 1 is 1.39 bits per heavy atom. The lowest BCUT2D eigenvalue weighted by molar-refractivity contribution is 0.585. The van der Waals surface area contributed by atoms with Gasteiger partial charge in [-0.25, -0.2) is 9.07 Å². The Morgan fingerprint density at radius 2 is 2.11 bits per heavy atom. The van der Waals surface area contributed by atoms with Crippen molar-refractivity contribution in [3.8, 4) is 0 Å². The van der Waals surface area contributed by atoms with Crippen molar-refractivity contribution in [2.45, 2.75) is 13.0 Å². The summed E-state index contributed by atoms with van der Waals surface area (Å²) >= 11 is 3.36. The third-order valence-corrected chi connectivity index (χ3v) is 3.35. The van der Waals surface area contributed by atoms with Gasteiger partial charge in [0.1, 0.15) is 5.82 Å². The highest BCUT2D eigenvalue weighted by Crippen LogP contribution is 2.27. The lowest BCUT2D eigenvalue weighted by Gasteiger charge is -2.17. The van der Waals surface area contributed by atoms with Crippen molar-refractivity contribution >= 4 is 15.9 Å². The van der Waals surface area contributed by atoms with Gasteiger partial charge in [-0.3, -0.25) is 0 Å². The zero-order valence-electron chi connectivity index (χ0n) is 10.4. The monoisotopic (exact) mass is 312 g/mol. The predicted molar refractivity (Wildman–Crippen MR) is 70.7 cm³/mol. The summed E-state index contributed by atoms with van der Waals surface area (Å²) in [5.74, 6) is -0.239. The quantitative estimate of drug-likeness (QED) is 0.946. The number of hydrogen-bond donors (Lipinski definition) is 1. The van der Waals surface area contributed by atoms with Gasteiger partial charge >= 0.3 is 0 Å². The van der Waals surface area contributed by atoms with Crippen molar-refractivity contribution in [3.63, 3.8) is 0 Å². The van der Waals surface area contributed by atoms with Gasteiger partial charge in [-0.1, -0.05) is 11.3 Å². The molecule has 0 spiro atoms. The van der Waals surface area contributed by atoms with Crippen LogP contribution in [0.25, 0.3) is 0 Å². The number of hydrogen-bond acceptors (Lipinski definition) is 3. The van der Waals surface area contributed by atoms with Gasteiger partial charge in [0.2, 0.25) is 0 Å². The van der Waals surface area contributed by atoms with E-state index in [1.165, 1.54) is 12.1 Å². The Labute approximate surface area is 113 Å². The van der Waals surface area contributed by atoms with Crippen LogP contribution in [0.15, 0.2) is 22.8 Å². The van der Waals surface area contributed by atoms with E-state index in [0.29, 0.717) is 4.60 Å². The molecule has 6 heteroatoms. The maximum absolute atomic E-state index is 13.5. The Balaban J connectivity index is 2.52. The van der Waals surface area contributed by atoms with Crippen LogP contribution in [0.3, 0.4) is 0 Å². The first-order valence-corrected chi connectivity index (χ1v) is 6.31. The minimum atomic E-state index is -0.239. The molecule has 1 aromatic heterocycles. The van der Waals surface area contributed by atoms with Gasteiger partial charge in [-0.05, 0) is 53.2 Å². The first-order valence-electron chi connectivity index (χ1n) is 5.52.